The topological polar surface area (TPSA) is 118 Å². The van der Waals surface area contributed by atoms with Gasteiger partial charge >= 0.3 is 5.97 Å². The van der Waals surface area contributed by atoms with E-state index in [0.29, 0.717) is 0 Å². The summed E-state index contributed by atoms with van der Waals surface area (Å²) < 4.78 is 25.6. The van der Waals surface area contributed by atoms with Crippen molar-refractivity contribution in [3.05, 3.63) is 28.8 Å². The van der Waals surface area contributed by atoms with Crippen LogP contribution in [0.2, 0.25) is 5.02 Å². The van der Waals surface area contributed by atoms with Gasteiger partial charge in [0.1, 0.15) is 0 Å². The van der Waals surface area contributed by atoms with Crippen LogP contribution in [-0.4, -0.2) is 43.3 Å². The van der Waals surface area contributed by atoms with Crippen LogP contribution in [0, 0.1) is 5.92 Å². The van der Waals surface area contributed by atoms with Crippen LogP contribution in [0.15, 0.2) is 23.1 Å². The van der Waals surface area contributed by atoms with E-state index in [1.54, 1.807) is 0 Å². The molecule has 7 nitrogen and oxygen atoms in total. The molecule has 0 fully saturated rings. The third-order valence-electron chi connectivity index (χ3n) is 2.82. The van der Waals surface area contributed by atoms with Crippen LogP contribution >= 0.6 is 11.6 Å². The van der Waals surface area contributed by atoms with Gasteiger partial charge in [-0.2, -0.15) is 0 Å². The van der Waals surface area contributed by atoms with Gasteiger partial charge in [0.05, 0.1) is 10.8 Å². The second-order valence-electron chi connectivity index (χ2n) is 4.56. The smallest absolute Gasteiger partial charge is 0.307 e. The maximum Gasteiger partial charge on any atom is 0.307 e. The van der Waals surface area contributed by atoms with Crippen LogP contribution in [-0.2, 0) is 14.8 Å². The van der Waals surface area contributed by atoms with Crippen molar-refractivity contribution in [3.63, 3.8) is 0 Å². The van der Waals surface area contributed by atoms with E-state index in [0.717, 1.165) is 10.4 Å². The maximum atomic E-state index is 12.3. The number of hydrogen-bond donors (Lipinski definition) is 2. The second-order valence-corrected chi connectivity index (χ2v) is 7.05. The van der Waals surface area contributed by atoms with Crippen molar-refractivity contribution >= 4 is 33.5 Å². The normalized spacial score (nSPS) is 13.1. The van der Waals surface area contributed by atoms with Crippen molar-refractivity contribution in [2.75, 3.05) is 13.6 Å². The van der Waals surface area contributed by atoms with Gasteiger partial charge in [0.2, 0.25) is 15.9 Å². The summed E-state index contributed by atoms with van der Waals surface area (Å²) >= 11 is 5.78. The number of carbonyl (C=O) groups excluding carboxylic acids is 1. The van der Waals surface area contributed by atoms with Crippen molar-refractivity contribution < 1.29 is 23.1 Å². The molecular formula is C12H15ClN2O5S. The Morgan fingerprint density at radius 1 is 1.38 bits per heavy atom. The average molecular weight is 335 g/mol. The zero-order valence-corrected chi connectivity index (χ0v) is 13.0. The Labute approximate surface area is 127 Å². The van der Waals surface area contributed by atoms with Gasteiger partial charge < -0.3 is 10.8 Å². The number of rotatable bonds is 6. The van der Waals surface area contributed by atoms with E-state index in [2.05, 4.69) is 0 Å². The van der Waals surface area contributed by atoms with Crippen LogP contribution in [0.4, 0.5) is 0 Å². The Bertz CT molecular complexity index is 674. The van der Waals surface area contributed by atoms with Crippen LogP contribution in [0.3, 0.4) is 0 Å². The van der Waals surface area contributed by atoms with Gasteiger partial charge in [-0.15, -0.1) is 0 Å². The molecule has 0 saturated carbocycles. The lowest BCUT2D eigenvalue weighted by Crippen LogP contribution is -2.33. The Morgan fingerprint density at radius 3 is 2.43 bits per heavy atom. The second kappa shape index (κ2) is 6.42. The highest BCUT2D eigenvalue weighted by atomic mass is 35.5. The van der Waals surface area contributed by atoms with Gasteiger partial charge in [-0.3, -0.25) is 9.59 Å². The summed E-state index contributed by atoms with van der Waals surface area (Å²) in [6.07, 6.45) is 0. The molecule has 1 rings (SSSR count). The molecule has 1 aromatic carbocycles. The predicted octanol–water partition coefficient (Wildman–Crippen LogP) is 0.780. The molecule has 1 amide bonds. The summed E-state index contributed by atoms with van der Waals surface area (Å²) in [6.45, 7) is 1.18. The highest BCUT2D eigenvalue weighted by Gasteiger charge is 2.25. The van der Waals surface area contributed by atoms with Gasteiger partial charge in [0.15, 0.2) is 0 Å². The Kier molecular flexibility index (Phi) is 5.32. The molecule has 1 aromatic rings. The Balaban J connectivity index is 3.18. The first-order chi connectivity index (χ1) is 9.55. The lowest BCUT2D eigenvalue weighted by atomic mass is 10.2. The molecule has 0 radical (unpaired) electrons. The number of aliphatic carboxylic acids is 1. The lowest BCUT2D eigenvalue weighted by molar-refractivity contribution is -0.141. The minimum atomic E-state index is -3.97. The summed E-state index contributed by atoms with van der Waals surface area (Å²) in [5, 5.41) is 8.87. The highest BCUT2D eigenvalue weighted by molar-refractivity contribution is 7.89. The first-order valence-corrected chi connectivity index (χ1v) is 7.67. The molecule has 0 aliphatic carbocycles. The molecule has 116 valence electrons. The van der Waals surface area contributed by atoms with Gasteiger partial charge in [-0.05, 0) is 18.2 Å². The lowest BCUT2D eigenvalue weighted by Gasteiger charge is -2.19. The SMILES string of the molecule is CC(CN(C)S(=O)(=O)c1cc(Cl)cc(C(N)=O)c1)C(=O)O. The summed E-state index contributed by atoms with van der Waals surface area (Å²) in [5.74, 6) is -2.80. The fraction of sp³-hybridized carbons (Fsp3) is 0.333. The van der Waals surface area contributed by atoms with Crippen molar-refractivity contribution in [2.45, 2.75) is 11.8 Å². The minimum Gasteiger partial charge on any atom is -0.481 e. The number of carbonyl (C=O) groups is 2. The summed E-state index contributed by atoms with van der Waals surface area (Å²) in [7, 11) is -2.72. The zero-order valence-electron chi connectivity index (χ0n) is 11.4. The number of carboxylic acids is 1. The molecule has 0 heterocycles. The molecule has 0 aliphatic heterocycles. The van der Waals surface area contributed by atoms with Gasteiger partial charge in [-0.1, -0.05) is 18.5 Å². The molecule has 21 heavy (non-hydrogen) atoms. The van der Waals surface area contributed by atoms with Gasteiger partial charge in [0, 0.05) is 24.2 Å². The molecule has 0 bridgehead atoms. The van der Waals surface area contributed by atoms with E-state index in [1.807, 2.05) is 0 Å². The molecule has 0 aliphatic rings. The Hall–Kier alpha value is -1.64. The molecule has 3 N–H and O–H groups in total. The van der Waals surface area contributed by atoms with Crippen LogP contribution < -0.4 is 5.73 Å². The largest absolute Gasteiger partial charge is 0.481 e. The van der Waals surface area contributed by atoms with E-state index >= 15 is 0 Å². The summed E-state index contributed by atoms with van der Waals surface area (Å²) in [4.78, 5) is 21.7. The first-order valence-electron chi connectivity index (χ1n) is 5.85. The van der Waals surface area contributed by atoms with Crippen molar-refractivity contribution in [3.8, 4) is 0 Å². The van der Waals surface area contributed by atoms with E-state index in [9.17, 15) is 18.0 Å². The van der Waals surface area contributed by atoms with Crippen molar-refractivity contribution in [1.29, 1.82) is 0 Å². The quantitative estimate of drug-likeness (QED) is 0.797. The number of hydrogen-bond acceptors (Lipinski definition) is 4. The number of benzene rings is 1. The van der Waals surface area contributed by atoms with E-state index in [1.165, 1.54) is 26.1 Å². The Morgan fingerprint density at radius 2 is 1.95 bits per heavy atom. The predicted molar refractivity (Wildman–Crippen MR) is 76.6 cm³/mol. The number of halogens is 1. The fourth-order valence-corrected chi connectivity index (χ4v) is 3.23. The zero-order chi connectivity index (χ0) is 16.4. The van der Waals surface area contributed by atoms with E-state index in [4.69, 9.17) is 22.4 Å². The van der Waals surface area contributed by atoms with Crippen LogP contribution in [0.1, 0.15) is 17.3 Å². The van der Waals surface area contributed by atoms with Gasteiger partial charge in [-0.25, -0.2) is 12.7 Å². The molecule has 0 spiro atoms. The van der Waals surface area contributed by atoms with Crippen molar-refractivity contribution in [2.24, 2.45) is 11.7 Å². The summed E-state index contributed by atoms with van der Waals surface area (Å²) in [6, 6.07) is 3.53. The monoisotopic (exact) mass is 334 g/mol. The number of primary amides is 1. The van der Waals surface area contributed by atoms with E-state index < -0.39 is 27.8 Å². The van der Waals surface area contributed by atoms with Crippen LogP contribution in [0.5, 0.6) is 0 Å². The van der Waals surface area contributed by atoms with E-state index in [-0.39, 0.29) is 22.0 Å². The first kappa shape index (κ1) is 17.4. The highest BCUT2D eigenvalue weighted by Crippen LogP contribution is 2.22. The van der Waals surface area contributed by atoms with Crippen molar-refractivity contribution in [1.82, 2.24) is 4.31 Å². The third kappa shape index (κ3) is 4.16. The van der Waals surface area contributed by atoms with Gasteiger partial charge in [0.25, 0.3) is 0 Å². The molecule has 9 heteroatoms. The molecule has 0 aromatic heterocycles. The average Bonchev–Trinajstić information content (AvgIpc) is 2.37. The standard InChI is InChI=1S/C12H15ClN2O5S/c1-7(12(17)18)6-15(2)21(19,20)10-4-8(11(14)16)3-9(13)5-10/h3-5,7H,6H2,1-2H3,(H2,14,16)(H,17,18). The maximum absolute atomic E-state index is 12.3. The molecule has 0 saturated heterocycles. The number of nitrogens with two attached hydrogens (primary N) is 1. The minimum absolute atomic E-state index is 0.0410. The third-order valence-corrected chi connectivity index (χ3v) is 4.84. The van der Waals surface area contributed by atoms with Crippen LogP contribution in [0.25, 0.3) is 0 Å². The summed E-state index contributed by atoms with van der Waals surface area (Å²) in [5.41, 5.74) is 5.07. The number of sulfonamides is 1. The number of nitrogens with zero attached hydrogens (tertiary/aromatic N) is 1. The fourth-order valence-electron chi connectivity index (χ4n) is 1.60. The molecular weight excluding hydrogens is 320 g/mol. The number of carboxylic acid groups (broad SMARTS) is 1. The molecule has 1 unspecified atom stereocenters. The molecule has 1 atom stereocenters. The number of amides is 1.